The second kappa shape index (κ2) is 9.77. The van der Waals surface area contributed by atoms with Crippen molar-refractivity contribution in [1.82, 2.24) is 5.32 Å². The molecular formula is C26H23Cl2N3O2. The Morgan fingerprint density at radius 3 is 2.30 bits per heavy atom. The Balaban J connectivity index is 1.73. The molecule has 1 unspecified atom stereocenters. The summed E-state index contributed by atoms with van der Waals surface area (Å²) in [6.07, 6.45) is -1.05. The van der Waals surface area contributed by atoms with E-state index in [9.17, 15) is 9.59 Å². The molecule has 5 nitrogen and oxygen atoms in total. The summed E-state index contributed by atoms with van der Waals surface area (Å²) in [6.45, 7) is 3.88. The lowest BCUT2D eigenvalue weighted by molar-refractivity contribution is -0.127. The van der Waals surface area contributed by atoms with E-state index in [2.05, 4.69) is 5.32 Å². The Bertz CT molecular complexity index is 1200. The molecule has 1 N–H and O–H groups in total. The van der Waals surface area contributed by atoms with Crippen LogP contribution in [0.3, 0.4) is 0 Å². The van der Waals surface area contributed by atoms with Gasteiger partial charge in [0, 0.05) is 27.2 Å². The summed E-state index contributed by atoms with van der Waals surface area (Å²) < 4.78 is 0. The maximum absolute atomic E-state index is 13.6. The molecule has 0 saturated carbocycles. The van der Waals surface area contributed by atoms with E-state index in [1.165, 1.54) is 0 Å². The molecule has 0 fully saturated rings. The second-order valence-electron chi connectivity index (χ2n) is 8.09. The molecule has 0 saturated heterocycles. The number of aliphatic imine (C=N–C) groups is 1. The number of benzene rings is 3. The van der Waals surface area contributed by atoms with Gasteiger partial charge >= 0.3 is 0 Å². The van der Waals surface area contributed by atoms with Crippen LogP contribution in [0, 0.1) is 0 Å². The first-order valence-electron chi connectivity index (χ1n) is 10.6. The van der Waals surface area contributed by atoms with Crippen LogP contribution in [0.1, 0.15) is 30.5 Å². The molecule has 1 heterocycles. The number of rotatable bonds is 5. The third kappa shape index (κ3) is 5.10. The minimum absolute atomic E-state index is 0.0227. The zero-order valence-corrected chi connectivity index (χ0v) is 19.8. The molecular weight excluding hydrogens is 457 g/mol. The molecule has 2 amide bonds. The highest BCUT2D eigenvalue weighted by molar-refractivity contribution is 6.34. The number of hydrogen-bond donors (Lipinski definition) is 1. The normalized spacial score (nSPS) is 15.7. The lowest BCUT2D eigenvalue weighted by Crippen LogP contribution is -2.50. The fourth-order valence-electron chi connectivity index (χ4n) is 3.94. The number of halogens is 2. The number of carbonyl (C=O) groups is 2. The van der Waals surface area contributed by atoms with Crippen molar-refractivity contribution in [3.63, 3.8) is 0 Å². The Morgan fingerprint density at radius 1 is 1.00 bits per heavy atom. The number of anilines is 1. The summed E-state index contributed by atoms with van der Waals surface area (Å²) in [5.74, 6) is -0.640. The van der Waals surface area contributed by atoms with Gasteiger partial charge in [0.05, 0.1) is 17.8 Å². The molecule has 0 aliphatic carbocycles. The standard InChI is InChI=1S/C26H23Cl2N3O2/c1-16(2)31-22-11-7-6-10-21(22)24(18-8-4-3-5-9-18)30-25(26(31)33)29-23(32)14-17-12-19(27)15-20(28)13-17/h3-13,15-16,25H,14H2,1-2H3,(H,29,32). The molecule has 1 aliphatic heterocycles. The number of fused-ring (bicyclic) bond motifs is 1. The Kier molecular flexibility index (Phi) is 6.82. The molecule has 0 bridgehead atoms. The summed E-state index contributed by atoms with van der Waals surface area (Å²) in [5, 5.41) is 3.70. The van der Waals surface area contributed by atoms with Gasteiger partial charge in [-0.15, -0.1) is 0 Å². The van der Waals surface area contributed by atoms with Crippen molar-refractivity contribution >= 4 is 46.4 Å². The largest absolute Gasteiger partial charge is 0.326 e. The van der Waals surface area contributed by atoms with Crippen LogP contribution in [-0.4, -0.2) is 29.7 Å². The van der Waals surface area contributed by atoms with Crippen LogP contribution < -0.4 is 10.2 Å². The molecule has 168 valence electrons. The van der Waals surface area contributed by atoms with Gasteiger partial charge in [0.25, 0.3) is 5.91 Å². The molecule has 7 heteroatoms. The van der Waals surface area contributed by atoms with E-state index in [4.69, 9.17) is 28.2 Å². The number of carbonyl (C=O) groups excluding carboxylic acids is 2. The average Bonchev–Trinajstić information content (AvgIpc) is 2.88. The van der Waals surface area contributed by atoms with Crippen LogP contribution in [0.5, 0.6) is 0 Å². The van der Waals surface area contributed by atoms with E-state index in [-0.39, 0.29) is 24.3 Å². The van der Waals surface area contributed by atoms with Crippen LogP contribution in [0.25, 0.3) is 0 Å². The maximum Gasteiger partial charge on any atom is 0.272 e. The van der Waals surface area contributed by atoms with Gasteiger partial charge in [-0.05, 0) is 43.7 Å². The van der Waals surface area contributed by atoms with Gasteiger partial charge in [0.1, 0.15) is 0 Å². The molecule has 0 aromatic heterocycles. The van der Waals surface area contributed by atoms with Crippen LogP contribution in [-0.2, 0) is 16.0 Å². The minimum atomic E-state index is -1.07. The quantitative estimate of drug-likeness (QED) is 0.541. The van der Waals surface area contributed by atoms with Gasteiger partial charge < -0.3 is 10.2 Å². The number of nitrogens with zero attached hydrogens (tertiary/aromatic N) is 2. The molecule has 4 rings (SSSR count). The summed E-state index contributed by atoms with van der Waals surface area (Å²) in [6, 6.07) is 22.1. The zero-order valence-electron chi connectivity index (χ0n) is 18.3. The van der Waals surface area contributed by atoms with Gasteiger partial charge in [-0.2, -0.15) is 0 Å². The molecule has 33 heavy (non-hydrogen) atoms. The topological polar surface area (TPSA) is 61.8 Å². The number of para-hydroxylation sites is 1. The Labute approximate surface area is 203 Å². The summed E-state index contributed by atoms with van der Waals surface area (Å²) >= 11 is 12.1. The van der Waals surface area contributed by atoms with Crippen LogP contribution in [0.2, 0.25) is 10.0 Å². The highest BCUT2D eigenvalue weighted by Gasteiger charge is 2.34. The maximum atomic E-state index is 13.6. The van der Waals surface area contributed by atoms with Crippen LogP contribution in [0.4, 0.5) is 5.69 Å². The van der Waals surface area contributed by atoms with Crippen molar-refractivity contribution in [1.29, 1.82) is 0 Å². The van der Waals surface area contributed by atoms with Crippen molar-refractivity contribution in [2.45, 2.75) is 32.5 Å². The predicted octanol–water partition coefficient (Wildman–Crippen LogP) is 5.27. The van der Waals surface area contributed by atoms with Gasteiger partial charge in [0.15, 0.2) is 0 Å². The molecule has 3 aromatic carbocycles. The molecule has 0 radical (unpaired) electrons. The van der Waals surface area contributed by atoms with Crippen LogP contribution >= 0.6 is 23.2 Å². The van der Waals surface area contributed by atoms with Gasteiger partial charge in [-0.3, -0.25) is 9.59 Å². The fourth-order valence-corrected chi connectivity index (χ4v) is 4.51. The lowest BCUT2D eigenvalue weighted by atomic mass is 10.00. The van der Waals surface area contributed by atoms with E-state index in [0.29, 0.717) is 21.3 Å². The number of nitrogens with one attached hydrogen (secondary N) is 1. The minimum Gasteiger partial charge on any atom is -0.326 e. The Hall–Kier alpha value is -3.15. The molecule has 3 aromatic rings. The monoisotopic (exact) mass is 479 g/mol. The van der Waals surface area contributed by atoms with E-state index in [0.717, 1.165) is 16.8 Å². The first-order chi connectivity index (χ1) is 15.8. The summed E-state index contributed by atoms with van der Waals surface area (Å²) in [7, 11) is 0. The van der Waals surface area contributed by atoms with E-state index < -0.39 is 6.17 Å². The third-order valence-corrected chi connectivity index (χ3v) is 5.73. The highest BCUT2D eigenvalue weighted by atomic mass is 35.5. The van der Waals surface area contributed by atoms with Crippen molar-refractivity contribution in [2.24, 2.45) is 4.99 Å². The first kappa shape index (κ1) is 23.0. The van der Waals surface area contributed by atoms with Crippen molar-refractivity contribution < 1.29 is 9.59 Å². The molecule has 1 atom stereocenters. The van der Waals surface area contributed by atoms with Gasteiger partial charge in [0.2, 0.25) is 12.1 Å². The lowest BCUT2D eigenvalue weighted by Gasteiger charge is -2.29. The third-order valence-electron chi connectivity index (χ3n) is 5.30. The predicted molar refractivity (Wildman–Crippen MR) is 133 cm³/mol. The average molecular weight is 480 g/mol. The van der Waals surface area contributed by atoms with Crippen LogP contribution in [0.15, 0.2) is 77.8 Å². The van der Waals surface area contributed by atoms with Crippen molar-refractivity contribution in [2.75, 3.05) is 4.90 Å². The molecule has 0 spiro atoms. The summed E-state index contributed by atoms with van der Waals surface area (Å²) in [4.78, 5) is 33.0. The highest BCUT2D eigenvalue weighted by Crippen LogP contribution is 2.29. The summed E-state index contributed by atoms with van der Waals surface area (Å²) in [5.41, 5.74) is 3.77. The SMILES string of the molecule is CC(C)N1C(=O)C(NC(=O)Cc2cc(Cl)cc(Cl)c2)N=C(c2ccccc2)c2ccccc21. The van der Waals surface area contributed by atoms with E-state index >= 15 is 0 Å². The van der Waals surface area contributed by atoms with E-state index in [1.54, 1.807) is 23.1 Å². The van der Waals surface area contributed by atoms with E-state index in [1.807, 2.05) is 68.4 Å². The number of benzodiazepines with no additional fused rings is 1. The van der Waals surface area contributed by atoms with Gasteiger partial charge in [-0.25, -0.2) is 4.99 Å². The first-order valence-corrected chi connectivity index (χ1v) is 11.4. The number of hydrogen-bond acceptors (Lipinski definition) is 3. The van der Waals surface area contributed by atoms with Gasteiger partial charge in [-0.1, -0.05) is 71.7 Å². The van der Waals surface area contributed by atoms with Crippen molar-refractivity contribution in [3.8, 4) is 0 Å². The Morgan fingerprint density at radius 2 is 1.64 bits per heavy atom. The number of amides is 2. The molecule has 1 aliphatic rings. The second-order valence-corrected chi connectivity index (χ2v) is 8.96. The van der Waals surface area contributed by atoms with Crippen molar-refractivity contribution in [3.05, 3.63) is 99.5 Å². The fraction of sp³-hybridized carbons (Fsp3) is 0.192. The smallest absolute Gasteiger partial charge is 0.272 e. The zero-order chi connectivity index (χ0) is 23.5.